The predicted molar refractivity (Wildman–Crippen MR) is 75.7 cm³/mol. The molecular weight excluding hydrogens is 260 g/mol. The highest BCUT2D eigenvalue weighted by Crippen LogP contribution is 2.12. The fourth-order valence-electron chi connectivity index (χ4n) is 1.51. The number of nitrogens with zero attached hydrogens (tertiary/aromatic N) is 1. The Kier molecular flexibility index (Phi) is 5.37. The van der Waals surface area contributed by atoms with Crippen LogP contribution in [0.5, 0.6) is 0 Å². The summed E-state index contributed by atoms with van der Waals surface area (Å²) in [6.45, 7) is 5.14. The van der Waals surface area contributed by atoms with Gasteiger partial charge in [-0.3, -0.25) is 4.79 Å². The van der Waals surface area contributed by atoms with Crippen LogP contribution in [-0.2, 0) is 9.53 Å². The topological polar surface area (TPSA) is 78.9 Å². The maximum absolute atomic E-state index is 11.6. The zero-order valence-electron chi connectivity index (χ0n) is 11.9. The van der Waals surface area contributed by atoms with E-state index in [1.54, 1.807) is 45.0 Å². The number of carboxylic acid groups (broad SMARTS) is 1. The molecule has 20 heavy (non-hydrogen) atoms. The highest BCUT2D eigenvalue weighted by atomic mass is 16.6. The molecule has 6 nitrogen and oxygen atoms in total. The molecule has 0 saturated carbocycles. The van der Waals surface area contributed by atoms with E-state index in [2.05, 4.69) is 5.32 Å². The van der Waals surface area contributed by atoms with Gasteiger partial charge in [0.25, 0.3) is 0 Å². The van der Waals surface area contributed by atoms with Crippen LogP contribution >= 0.6 is 0 Å². The van der Waals surface area contributed by atoms with Crippen molar-refractivity contribution in [3.8, 4) is 0 Å². The van der Waals surface area contributed by atoms with E-state index < -0.39 is 17.7 Å². The van der Waals surface area contributed by atoms with E-state index in [0.29, 0.717) is 5.69 Å². The van der Waals surface area contributed by atoms with Crippen molar-refractivity contribution in [1.82, 2.24) is 5.32 Å². The zero-order chi connectivity index (χ0) is 15.2. The van der Waals surface area contributed by atoms with E-state index in [9.17, 15) is 9.59 Å². The summed E-state index contributed by atoms with van der Waals surface area (Å²) in [4.78, 5) is 24.0. The van der Waals surface area contributed by atoms with Crippen LogP contribution in [0.2, 0.25) is 0 Å². The number of anilines is 1. The van der Waals surface area contributed by atoms with Crippen molar-refractivity contribution in [2.24, 2.45) is 0 Å². The Morgan fingerprint density at radius 2 is 1.85 bits per heavy atom. The summed E-state index contributed by atoms with van der Waals surface area (Å²) in [5.74, 6) is -0.972. The third kappa shape index (κ3) is 6.08. The molecule has 1 amide bonds. The molecule has 2 N–H and O–H groups in total. The first-order chi connectivity index (χ1) is 9.28. The van der Waals surface area contributed by atoms with Crippen molar-refractivity contribution in [2.45, 2.75) is 26.4 Å². The summed E-state index contributed by atoms with van der Waals surface area (Å²) in [5, 5.41) is 11.5. The quantitative estimate of drug-likeness (QED) is 0.807. The van der Waals surface area contributed by atoms with Gasteiger partial charge in [-0.25, -0.2) is 4.79 Å². The average molecular weight is 280 g/mol. The van der Waals surface area contributed by atoms with Crippen LogP contribution < -0.4 is 10.2 Å². The lowest BCUT2D eigenvalue weighted by molar-refractivity contribution is -0.135. The Balaban J connectivity index is 2.63. The van der Waals surface area contributed by atoms with E-state index in [4.69, 9.17) is 9.84 Å². The van der Waals surface area contributed by atoms with Crippen molar-refractivity contribution in [3.05, 3.63) is 30.3 Å². The van der Waals surface area contributed by atoms with Gasteiger partial charge in [0.05, 0.1) is 6.67 Å². The number of amides is 1. The third-order valence-corrected chi connectivity index (χ3v) is 2.26. The molecule has 0 aliphatic carbocycles. The fraction of sp³-hybridized carbons (Fsp3) is 0.429. The van der Waals surface area contributed by atoms with Gasteiger partial charge in [-0.2, -0.15) is 0 Å². The van der Waals surface area contributed by atoms with Crippen LogP contribution in [0, 0.1) is 0 Å². The summed E-state index contributed by atoms with van der Waals surface area (Å²) >= 11 is 0. The van der Waals surface area contributed by atoms with Crippen LogP contribution in [-0.4, -0.2) is 36.0 Å². The number of alkyl carbamates (subject to hydrolysis) is 1. The van der Waals surface area contributed by atoms with Crippen molar-refractivity contribution >= 4 is 17.7 Å². The first-order valence-electron chi connectivity index (χ1n) is 6.26. The largest absolute Gasteiger partial charge is 0.480 e. The van der Waals surface area contributed by atoms with E-state index >= 15 is 0 Å². The van der Waals surface area contributed by atoms with Gasteiger partial charge in [-0.15, -0.1) is 0 Å². The highest BCUT2D eigenvalue weighted by molar-refractivity contribution is 5.74. The summed E-state index contributed by atoms with van der Waals surface area (Å²) in [5.41, 5.74) is 0.125. The number of rotatable bonds is 5. The zero-order valence-corrected chi connectivity index (χ0v) is 11.9. The van der Waals surface area contributed by atoms with Gasteiger partial charge in [-0.05, 0) is 32.9 Å². The normalized spacial score (nSPS) is 10.8. The Hall–Kier alpha value is -2.24. The summed E-state index contributed by atoms with van der Waals surface area (Å²) < 4.78 is 5.10. The minimum Gasteiger partial charge on any atom is -0.480 e. The van der Waals surface area contributed by atoms with Gasteiger partial charge in [0.15, 0.2) is 0 Å². The lowest BCUT2D eigenvalue weighted by Crippen LogP contribution is -2.42. The third-order valence-electron chi connectivity index (χ3n) is 2.26. The van der Waals surface area contributed by atoms with Gasteiger partial charge >= 0.3 is 12.1 Å². The van der Waals surface area contributed by atoms with Crippen molar-refractivity contribution in [2.75, 3.05) is 18.1 Å². The Bertz CT molecular complexity index is 454. The molecule has 6 heteroatoms. The molecule has 1 aromatic carbocycles. The van der Waals surface area contributed by atoms with Crippen LogP contribution in [0.15, 0.2) is 30.3 Å². The van der Waals surface area contributed by atoms with Crippen LogP contribution in [0.4, 0.5) is 10.5 Å². The Morgan fingerprint density at radius 3 is 2.35 bits per heavy atom. The Morgan fingerprint density at radius 1 is 1.25 bits per heavy atom. The molecule has 1 rings (SSSR count). The molecule has 0 saturated heterocycles. The van der Waals surface area contributed by atoms with Crippen LogP contribution in [0.3, 0.4) is 0 Å². The second kappa shape index (κ2) is 6.79. The maximum Gasteiger partial charge on any atom is 0.409 e. The molecule has 0 bridgehead atoms. The Labute approximate surface area is 118 Å². The van der Waals surface area contributed by atoms with Crippen molar-refractivity contribution in [1.29, 1.82) is 0 Å². The van der Waals surface area contributed by atoms with Gasteiger partial charge in [0.1, 0.15) is 12.1 Å². The number of carbonyl (C=O) groups excluding carboxylic acids is 1. The number of aliphatic carboxylic acids is 1. The van der Waals surface area contributed by atoms with Crippen molar-refractivity contribution < 1.29 is 19.4 Å². The lowest BCUT2D eigenvalue weighted by atomic mass is 10.2. The molecule has 0 aromatic heterocycles. The number of para-hydroxylation sites is 1. The smallest absolute Gasteiger partial charge is 0.409 e. The molecule has 0 spiro atoms. The minimum atomic E-state index is -0.972. The summed E-state index contributed by atoms with van der Waals surface area (Å²) in [7, 11) is 0. The number of hydrogen-bond acceptors (Lipinski definition) is 4. The number of benzene rings is 1. The first-order valence-corrected chi connectivity index (χ1v) is 6.26. The highest BCUT2D eigenvalue weighted by Gasteiger charge is 2.17. The lowest BCUT2D eigenvalue weighted by Gasteiger charge is -2.25. The standard InChI is InChI=1S/C14H20N2O4/c1-14(2,3)20-13(19)15-10-16(9-12(17)18)11-7-5-4-6-8-11/h4-8H,9-10H2,1-3H3,(H,15,19)(H,17,18). The van der Waals surface area contributed by atoms with E-state index in [1.165, 1.54) is 4.90 Å². The molecule has 0 fully saturated rings. The number of hydrogen-bond donors (Lipinski definition) is 2. The second-order valence-electron chi connectivity index (χ2n) is 5.26. The fourth-order valence-corrected chi connectivity index (χ4v) is 1.51. The molecule has 0 unspecified atom stereocenters. The molecule has 0 aliphatic rings. The summed E-state index contributed by atoms with van der Waals surface area (Å²) in [6.07, 6.45) is -0.580. The summed E-state index contributed by atoms with van der Waals surface area (Å²) in [6, 6.07) is 9.00. The van der Waals surface area contributed by atoms with Crippen LogP contribution in [0.1, 0.15) is 20.8 Å². The monoisotopic (exact) mass is 280 g/mol. The van der Waals surface area contributed by atoms with Crippen molar-refractivity contribution in [3.63, 3.8) is 0 Å². The molecular formula is C14H20N2O4. The van der Waals surface area contributed by atoms with Gasteiger partial charge in [0, 0.05) is 5.69 Å². The first kappa shape index (κ1) is 15.8. The minimum absolute atomic E-state index is 0.0607. The number of ether oxygens (including phenoxy) is 1. The van der Waals surface area contributed by atoms with Gasteiger partial charge in [-0.1, -0.05) is 18.2 Å². The maximum atomic E-state index is 11.6. The van der Waals surface area contributed by atoms with Gasteiger partial charge in [0.2, 0.25) is 0 Å². The second-order valence-corrected chi connectivity index (χ2v) is 5.26. The van der Waals surface area contributed by atoms with Gasteiger partial charge < -0.3 is 20.1 Å². The van der Waals surface area contributed by atoms with E-state index in [1.807, 2.05) is 6.07 Å². The number of carboxylic acids is 1. The number of nitrogens with one attached hydrogen (secondary N) is 1. The molecule has 0 aliphatic heterocycles. The molecule has 110 valence electrons. The molecule has 1 aromatic rings. The molecule has 0 atom stereocenters. The van der Waals surface area contributed by atoms with E-state index in [-0.39, 0.29) is 13.2 Å². The number of carbonyl (C=O) groups is 2. The average Bonchev–Trinajstić information content (AvgIpc) is 2.33. The SMILES string of the molecule is CC(C)(C)OC(=O)NCN(CC(=O)O)c1ccccc1. The molecule has 0 radical (unpaired) electrons. The van der Waals surface area contributed by atoms with Crippen LogP contribution in [0.25, 0.3) is 0 Å². The predicted octanol–water partition coefficient (Wildman–Crippen LogP) is 2.06. The van der Waals surface area contributed by atoms with E-state index in [0.717, 1.165) is 0 Å². The molecule has 0 heterocycles.